The minimum atomic E-state index is 0. The maximum absolute atomic E-state index is 5.74. The van der Waals surface area contributed by atoms with Crippen molar-refractivity contribution in [2.45, 2.75) is 13.0 Å². The molecule has 2 aromatic rings. The molecule has 3 rings (SSSR count). The number of ether oxygens (including phenoxy) is 5. The smallest absolute Gasteiger partial charge is 0.195 e. The van der Waals surface area contributed by atoms with Gasteiger partial charge in [0, 0.05) is 43.4 Å². The molecule has 0 radical (unpaired) electrons. The number of anilines is 1. The van der Waals surface area contributed by atoms with Gasteiger partial charge in [0.25, 0.3) is 0 Å². The first-order valence-corrected chi connectivity index (χ1v) is 9.34. The van der Waals surface area contributed by atoms with Crippen LogP contribution in [0.15, 0.2) is 35.3 Å². The molecule has 2 aromatic carbocycles. The topological polar surface area (TPSA) is 82.6 Å². The first kappa shape index (κ1) is 23.7. The van der Waals surface area contributed by atoms with Gasteiger partial charge in [0.05, 0.1) is 34.5 Å². The Morgan fingerprint density at radius 2 is 1.60 bits per heavy atom. The lowest BCUT2D eigenvalue weighted by Gasteiger charge is -2.17. The Balaban J connectivity index is 0.00000320. The molecule has 1 aliphatic heterocycles. The van der Waals surface area contributed by atoms with E-state index in [1.165, 1.54) is 0 Å². The van der Waals surface area contributed by atoms with E-state index in [0.29, 0.717) is 43.0 Å². The lowest BCUT2D eigenvalue weighted by atomic mass is 10.1. The van der Waals surface area contributed by atoms with Crippen LogP contribution in [0.1, 0.15) is 12.0 Å². The molecule has 8 nitrogen and oxygen atoms in total. The predicted molar refractivity (Wildman–Crippen MR) is 127 cm³/mol. The van der Waals surface area contributed by atoms with E-state index in [4.69, 9.17) is 23.7 Å². The lowest BCUT2D eigenvalue weighted by Crippen LogP contribution is -2.30. The number of hydrogen-bond acceptors (Lipinski definition) is 6. The number of nitrogens with one attached hydrogen (secondary N) is 2. The maximum Gasteiger partial charge on any atom is 0.195 e. The molecule has 30 heavy (non-hydrogen) atoms. The average molecular weight is 529 g/mol. The van der Waals surface area contributed by atoms with Gasteiger partial charge in [-0.05, 0) is 18.2 Å². The second kappa shape index (κ2) is 11.6. The van der Waals surface area contributed by atoms with Gasteiger partial charge in [-0.3, -0.25) is 4.99 Å². The third kappa shape index (κ3) is 5.74. The van der Waals surface area contributed by atoms with Gasteiger partial charge in [-0.2, -0.15) is 0 Å². The summed E-state index contributed by atoms with van der Waals surface area (Å²) in [5.41, 5.74) is 1.76. The fourth-order valence-electron chi connectivity index (χ4n) is 2.97. The van der Waals surface area contributed by atoms with E-state index in [-0.39, 0.29) is 24.0 Å². The molecule has 1 heterocycles. The fourth-order valence-corrected chi connectivity index (χ4v) is 2.97. The van der Waals surface area contributed by atoms with Crippen molar-refractivity contribution in [3.05, 3.63) is 35.9 Å². The highest BCUT2D eigenvalue weighted by atomic mass is 127. The molecule has 0 saturated heterocycles. The van der Waals surface area contributed by atoms with Gasteiger partial charge in [0.15, 0.2) is 29.0 Å². The standard InChI is InChI=1S/C21H27N3O5.HI/c1-22-21(24-15-6-7-16-20(11-15)29-9-5-8-28-16)23-13-14-10-18(26-3)19(27-4)12-17(14)25-2;/h6-7,10-12H,5,8-9,13H2,1-4H3,(H2,22,23,24);1H. The third-order valence-corrected chi connectivity index (χ3v) is 4.47. The van der Waals surface area contributed by atoms with Crippen LogP contribution in [0.25, 0.3) is 0 Å². The van der Waals surface area contributed by atoms with Gasteiger partial charge in [0.2, 0.25) is 0 Å². The third-order valence-electron chi connectivity index (χ3n) is 4.47. The van der Waals surface area contributed by atoms with Gasteiger partial charge >= 0.3 is 0 Å². The first-order chi connectivity index (χ1) is 14.2. The van der Waals surface area contributed by atoms with E-state index in [0.717, 1.165) is 29.2 Å². The molecule has 0 aliphatic carbocycles. The predicted octanol–water partition coefficient (Wildman–Crippen LogP) is 3.68. The number of halogens is 1. The number of hydrogen-bond donors (Lipinski definition) is 2. The first-order valence-electron chi connectivity index (χ1n) is 9.34. The highest BCUT2D eigenvalue weighted by Gasteiger charge is 2.14. The van der Waals surface area contributed by atoms with Crippen molar-refractivity contribution >= 4 is 35.6 Å². The van der Waals surface area contributed by atoms with Crippen molar-refractivity contribution in [2.75, 3.05) is 46.9 Å². The zero-order chi connectivity index (χ0) is 20.6. The van der Waals surface area contributed by atoms with Crippen LogP contribution >= 0.6 is 24.0 Å². The summed E-state index contributed by atoms with van der Waals surface area (Å²) in [4.78, 5) is 4.29. The minimum Gasteiger partial charge on any atom is -0.496 e. The van der Waals surface area contributed by atoms with Gasteiger partial charge in [0.1, 0.15) is 5.75 Å². The van der Waals surface area contributed by atoms with Crippen LogP contribution in [0.2, 0.25) is 0 Å². The number of benzene rings is 2. The maximum atomic E-state index is 5.74. The van der Waals surface area contributed by atoms with E-state index in [1.54, 1.807) is 34.4 Å². The van der Waals surface area contributed by atoms with E-state index in [2.05, 4.69) is 15.6 Å². The van der Waals surface area contributed by atoms with Crippen LogP contribution in [0.3, 0.4) is 0 Å². The average Bonchev–Trinajstić information content (AvgIpc) is 3.00. The Morgan fingerprint density at radius 1 is 0.933 bits per heavy atom. The SMILES string of the molecule is CN=C(NCc1cc(OC)c(OC)cc1OC)Nc1ccc2c(c1)OCCCO2.I. The van der Waals surface area contributed by atoms with E-state index >= 15 is 0 Å². The van der Waals surface area contributed by atoms with Crippen LogP contribution in [-0.4, -0.2) is 47.6 Å². The summed E-state index contributed by atoms with van der Waals surface area (Å²) in [6, 6.07) is 9.41. The lowest BCUT2D eigenvalue weighted by molar-refractivity contribution is 0.297. The molecule has 0 saturated carbocycles. The summed E-state index contributed by atoms with van der Waals surface area (Å²) in [6.45, 7) is 1.78. The monoisotopic (exact) mass is 529 g/mol. The fraction of sp³-hybridized carbons (Fsp3) is 0.381. The normalized spacial score (nSPS) is 12.9. The number of nitrogens with zero attached hydrogens (tertiary/aromatic N) is 1. The second-order valence-corrected chi connectivity index (χ2v) is 6.28. The number of aliphatic imine (C=N–C) groups is 1. The van der Waals surface area contributed by atoms with E-state index in [9.17, 15) is 0 Å². The molecule has 0 atom stereocenters. The molecular weight excluding hydrogens is 501 g/mol. The Labute approximate surface area is 193 Å². The summed E-state index contributed by atoms with van der Waals surface area (Å²) in [7, 11) is 6.53. The van der Waals surface area contributed by atoms with E-state index < -0.39 is 0 Å². The van der Waals surface area contributed by atoms with Gasteiger partial charge in [-0.1, -0.05) is 0 Å². The second-order valence-electron chi connectivity index (χ2n) is 6.28. The molecule has 0 fully saturated rings. The highest BCUT2D eigenvalue weighted by Crippen LogP contribution is 2.35. The number of fused-ring (bicyclic) bond motifs is 1. The van der Waals surface area contributed by atoms with Crippen molar-refractivity contribution in [3.63, 3.8) is 0 Å². The highest BCUT2D eigenvalue weighted by molar-refractivity contribution is 14.0. The summed E-state index contributed by atoms with van der Waals surface area (Å²) >= 11 is 0. The van der Waals surface area contributed by atoms with Crippen LogP contribution < -0.4 is 34.3 Å². The van der Waals surface area contributed by atoms with Crippen molar-refractivity contribution < 1.29 is 23.7 Å². The van der Waals surface area contributed by atoms with Crippen molar-refractivity contribution in [3.8, 4) is 28.7 Å². The Bertz CT molecular complexity index is 876. The molecule has 164 valence electrons. The zero-order valence-electron chi connectivity index (χ0n) is 17.6. The number of guanidine groups is 1. The number of rotatable bonds is 6. The molecule has 1 aliphatic rings. The quantitative estimate of drug-likeness (QED) is 0.336. The largest absolute Gasteiger partial charge is 0.496 e. The van der Waals surface area contributed by atoms with Crippen molar-refractivity contribution in [1.82, 2.24) is 5.32 Å². The van der Waals surface area contributed by atoms with Crippen molar-refractivity contribution in [2.24, 2.45) is 4.99 Å². The summed E-state index contributed by atoms with van der Waals surface area (Å²) in [5, 5.41) is 6.55. The molecule has 0 spiro atoms. The van der Waals surface area contributed by atoms with Crippen LogP contribution in [-0.2, 0) is 6.54 Å². The van der Waals surface area contributed by atoms with Crippen LogP contribution in [0.4, 0.5) is 5.69 Å². The van der Waals surface area contributed by atoms with Gasteiger partial charge in [-0.15, -0.1) is 24.0 Å². The molecule has 0 aromatic heterocycles. The Hall–Kier alpha value is -2.56. The van der Waals surface area contributed by atoms with Crippen LogP contribution in [0.5, 0.6) is 28.7 Å². The molecule has 0 bridgehead atoms. The molecule has 0 unspecified atom stereocenters. The summed E-state index contributed by atoms with van der Waals surface area (Å²) in [5.74, 6) is 4.03. The molecule has 0 amide bonds. The molecular formula is C21H28IN3O5. The van der Waals surface area contributed by atoms with Gasteiger partial charge in [-0.25, -0.2) is 0 Å². The summed E-state index contributed by atoms with van der Waals surface area (Å²) < 4.78 is 27.6. The Morgan fingerprint density at radius 3 is 2.27 bits per heavy atom. The minimum absolute atomic E-state index is 0. The zero-order valence-corrected chi connectivity index (χ0v) is 19.9. The Kier molecular flexibility index (Phi) is 9.15. The molecule has 2 N–H and O–H groups in total. The van der Waals surface area contributed by atoms with Gasteiger partial charge < -0.3 is 34.3 Å². The number of methoxy groups -OCH3 is 3. The summed E-state index contributed by atoms with van der Waals surface area (Å²) in [6.07, 6.45) is 0.869. The molecule has 9 heteroatoms. The van der Waals surface area contributed by atoms with Crippen molar-refractivity contribution in [1.29, 1.82) is 0 Å². The van der Waals surface area contributed by atoms with Crippen LogP contribution in [0, 0.1) is 0 Å². The van der Waals surface area contributed by atoms with E-state index in [1.807, 2.05) is 24.3 Å².